The highest BCUT2D eigenvalue weighted by molar-refractivity contribution is 5.29. The zero-order valence-electron chi connectivity index (χ0n) is 21.0. The zero-order valence-corrected chi connectivity index (χ0v) is 21.0. The molecule has 0 aromatic heterocycles. The van der Waals surface area contributed by atoms with Crippen molar-refractivity contribution in [3.8, 4) is 0 Å². The van der Waals surface area contributed by atoms with Crippen LogP contribution in [0.5, 0.6) is 0 Å². The van der Waals surface area contributed by atoms with Gasteiger partial charge in [-0.3, -0.25) is 0 Å². The summed E-state index contributed by atoms with van der Waals surface area (Å²) in [6.45, 7) is 2.28. The molecule has 4 atom stereocenters. The minimum absolute atomic E-state index is 0.206. The highest BCUT2D eigenvalue weighted by atomic mass is 19.4. The van der Waals surface area contributed by atoms with Crippen LogP contribution in [-0.2, 0) is 6.18 Å². The summed E-state index contributed by atoms with van der Waals surface area (Å²) in [5.74, 6) is 3.52. The van der Waals surface area contributed by atoms with Crippen molar-refractivity contribution in [1.82, 2.24) is 0 Å². The van der Waals surface area contributed by atoms with E-state index in [0.29, 0.717) is 0 Å². The maximum absolute atomic E-state index is 14.1. The van der Waals surface area contributed by atoms with Gasteiger partial charge < -0.3 is 0 Å². The maximum atomic E-state index is 14.1. The first kappa shape index (κ1) is 26.0. The molecule has 0 bridgehead atoms. The van der Waals surface area contributed by atoms with Crippen molar-refractivity contribution in [1.29, 1.82) is 0 Å². The highest BCUT2D eigenvalue weighted by Crippen LogP contribution is 2.50. The van der Waals surface area contributed by atoms with Crippen LogP contribution in [0.3, 0.4) is 0 Å². The average Bonchev–Trinajstić information content (AvgIpc) is 2.83. The Labute approximate surface area is 204 Å². The molecule has 0 spiro atoms. The van der Waals surface area contributed by atoms with Gasteiger partial charge in [-0.15, -0.1) is 0 Å². The second kappa shape index (κ2) is 11.8. The molecule has 0 heterocycles. The van der Waals surface area contributed by atoms with E-state index in [9.17, 15) is 17.6 Å². The second-order valence-electron chi connectivity index (χ2n) is 11.8. The van der Waals surface area contributed by atoms with Crippen molar-refractivity contribution in [3.05, 3.63) is 35.1 Å². The monoisotopic (exact) mass is 480 g/mol. The van der Waals surface area contributed by atoms with Crippen molar-refractivity contribution in [2.45, 2.75) is 122 Å². The predicted molar refractivity (Wildman–Crippen MR) is 131 cm³/mol. The molecular formula is C30H44F4. The van der Waals surface area contributed by atoms with Crippen LogP contribution in [0.15, 0.2) is 18.2 Å². The lowest BCUT2D eigenvalue weighted by Crippen LogP contribution is -2.34. The first-order valence-corrected chi connectivity index (χ1v) is 14.2. The fraction of sp³-hybridized carbons (Fsp3) is 0.800. The van der Waals surface area contributed by atoms with E-state index in [2.05, 4.69) is 6.92 Å². The Morgan fingerprint density at radius 2 is 1.35 bits per heavy atom. The van der Waals surface area contributed by atoms with E-state index in [1.165, 1.54) is 83.1 Å². The van der Waals surface area contributed by atoms with E-state index in [0.717, 1.165) is 73.0 Å². The fourth-order valence-corrected chi connectivity index (χ4v) is 7.69. The molecule has 4 unspecified atom stereocenters. The lowest BCUT2D eigenvalue weighted by atomic mass is 9.60. The molecule has 0 saturated heterocycles. The molecule has 0 aliphatic heterocycles. The molecule has 0 N–H and O–H groups in total. The van der Waals surface area contributed by atoms with Gasteiger partial charge in [-0.2, -0.15) is 13.2 Å². The SMILES string of the molecule is CCCCCCCC1CCC2CC(C3CCC(c4ccc(C(F)(F)F)c(F)c4)CC3)CCC2C1. The van der Waals surface area contributed by atoms with Crippen molar-refractivity contribution >= 4 is 0 Å². The molecule has 34 heavy (non-hydrogen) atoms. The van der Waals surface area contributed by atoms with E-state index in [4.69, 9.17) is 0 Å². The van der Waals surface area contributed by atoms with Gasteiger partial charge in [0.05, 0.1) is 5.56 Å². The van der Waals surface area contributed by atoms with Crippen LogP contribution >= 0.6 is 0 Å². The molecule has 1 aromatic rings. The van der Waals surface area contributed by atoms with Crippen LogP contribution in [0, 0.1) is 35.4 Å². The molecule has 0 radical (unpaired) electrons. The summed E-state index contributed by atoms with van der Waals surface area (Å²) in [7, 11) is 0. The Bertz CT molecular complexity index is 762. The first-order chi connectivity index (χ1) is 16.3. The van der Waals surface area contributed by atoms with Gasteiger partial charge in [0.25, 0.3) is 0 Å². The van der Waals surface area contributed by atoms with Gasteiger partial charge in [-0.05, 0) is 111 Å². The van der Waals surface area contributed by atoms with Gasteiger partial charge >= 0.3 is 6.18 Å². The minimum Gasteiger partial charge on any atom is -0.206 e. The smallest absolute Gasteiger partial charge is 0.206 e. The molecule has 3 aliphatic rings. The lowest BCUT2D eigenvalue weighted by molar-refractivity contribution is -0.140. The van der Waals surface area contributed by atoms with E-state index < -0.39 is 17.6 Å². The molecule has 3 aliphatic carbocycles. The Hall–Kier alpha value is -1.06. The van der Waals surface area contributed by atoms with Gasteiger partial charge in [0, 0.05) is 0 Å². The molecule has 4 heteroatoms. The van der Waals surface area contributed by atoms with Gasteiger partial charge in [0.1, 0.15) is 5.82 Å². The van der Waals surface area contributed by atoms with Gasteiger partial charge in [-0.1, -0.05) is 57.9 Å². The largest absolute Gasteiger partial charge is 0.419 e. The Balaban J connectivity index is 1.21. The number of hydrogen-bond donors (Lipinski definition) is 0. The summed E-state index contributed by atoms with van der Waals surface area (Å²) in [4.78, 5) is 0. The number of fused-ring (bicyclic) bond motifs is 1. The number of halogens is 4. The van der Waals surface area contributed by atoms with Gasteiger partial charge in [-0.25, -0.2) is 4.39 Å². The molecule has 4 rings (SSSR count). The molecule has 1 aromatic carbocycles. The predicted octanol–water partition coefficient (Wildman–Crippen LogP) is 10.3. The molecule has 0 amide bonds. The van der Waals surface area contributed by atoms with Crippen LogP contribution in [0.2, 0.25) is 0 Å². The summed E-state index contributed by atoms with van der Waals surface area (Å²) in [6, 6.07) is 3.57. The number of hydrogen-bond acceptors (Lipinski definition) is 0. The van der Waals surface area contributed by atoms with Crippen molar-refractivity contribution in [3.63, 3.8) is 0 Å². The summed E-state index contributed by atoms with van der Waals surface area (Å²) >= 11 is 0. The Morgan fingerprint density at radius 1 is 0.735 bits per heavy atom. The number of unbranched alkanes of at least 4 members (excludes halogenated alkanes) is 4. The molecular weight excluding hydrogens is 436 g/mol. The van der Waals surface area contributed by atoms with Crippen LogP contribution in [0.1, 0.15) is 127 Å². The summed E-state index contributed by atoms with van der Waals surface area (Å²) in [5, 5.41) is 0. The van der Waals surface area contributed by atoms with Crippen LogP contribution in [0.25, 0.3) is 0 Å². The average molecular weight is 481 g/mol. The molecule has 3 fully saturated rings. The summed E-state index contributed by atoms with van der Waals surface area (Å²) in [6.07, 6.45) is 16.6. The number of benzene rings is 1. The highest BCUT2D eigenvalue weighted by Gasteiger charge is 2.39. The Kier molecular flexibility index (Phi) is 9.02. The lowest BCUT2D eigenvalue weighted by Gasteiger charge is -2.45. The van der Waals surface area contributed by atoms with Crippen LogP contribution in [0.4, 0.5) is 17.6 Å². The normalized spacial score (nSPS) is 32.4. The summed E-state index contributed by atoms with van der Waals surface area (Å²) in [5.41, 5.74) is -0.395. The second-order valence-corrected chi connectivity index (χ2v) is 11.8. The summed E-state index contributed by atoms with van der Waals surface area (Å²) < 4.78 is 52.7. The van der Waals surface area contributed by atoms with Crippen molar-refractivity contribution < 1.29 is 17.6 Å². The van der Waals surface area contributed by atoms with Gasteiger partial charge in [0.2, 0.25) is 0 Å². The van der Waals surface area contributed by atoms with E-state index in [-0.39, 0.29) is 5.92 Å². The number of alkyl halides is 3. The van der Waals surface area contributed by atoms with Crippen molar-refractivity contribution in [2.24, 2.45) is 29.6 Å². The minimum atomic E-state index is -4.62. The third-order valence-electron chi connectivity index (χ3n) is 9.69. The van der Waals surface area contributed by atoms with E-state index >= 15 is 0 Å². The molecule has 192 valence electrons. The standard InChI is InChI=1S/C30H44F4/c1-2-3-4-5-6-7-21-8-9-26-19-25(15-14-24(26)18-21)22-10-12-23(13-11-22)27-16-17-28(29(31)20-27)30(32,33)34/h16-17,20-26H,2-15,18-19H2,1H3. The third-order valence-corrected chi connectivity index (χ3v) is 9.69. The van der Waals surface area contributed by atoms with Gasteiger partial charge in [0.15, 0.2) is 0 Å². The third kappa shape index (κ3) is 6.58. The van der Waals surface area contributed by atoms with Crippen LogP contribution < -0.4 is 0 Å². The topological polar surface area (TPSA) is 0 Å². The molecule has 3 saturated carbocycles. The van der Waals surface area contributed by atoms with E-state index in [1.807, 2.05) is 0 Å². The van der Waals surface area contributed by atoms with E-state index in [1.54, 1.807) is 0 Å². The maximum Gasteiger partial charge on any atom is 0.419 e. The fourth-order valence-electron chi connectivity index (χ4n) is 7.69. The zero-order chi connectivity index (χ0) is 24.1. The first-order valence-electron chi connectivity index (χ1n) is 14.2. The quantitative estimate of drug-likeness (QED) is 0.256. The molecule has 0 nitrogen and oxygen atoms in total. The van der Waals surface area contributed by atoms with Crippen LogP contribution in [-0.4, -0.2) is 0 Å². The van der Waals surface area contributed by atoms with Crippen molar-refractivity contribution in [2.75, 3.05) is 0 Å². The number of rotatable bonds is 8. The Morgan fingerprint density at radius 3 is 2.03 bits per heavy atom.